The van der Waals surface area contributed by atoms with Crippen molar-refractivity contribution in [3.63, 3.8) is 0 Å². The van der Waals surface area contributed by atoms with E-state index in [4.69, 9.17) is 37.4 Å². The van der Waals surface area contributed by atoms with Crippen LogP contribution in [0.1, 0.15) is 38.3 Å². The van der Waals surface area contributed by atoms with Gasteiger partial charge in [-0.3, -0.25) is 9.69 Å². The van der Waals surface area contributed by atoms with Gasteiger partial charge in [-0.25, -0.2) is 0 Å². The Bertz CT molecular complexity index is 910. The number of likely N-dealkylation sites (tertiary alicyclic amines) is 1. The Morgan fingerprint density at radius 3 is 2.25 bits per heavy atom. The van der Waals surface area contributed by atoms with Crippen LogP contribution in [-0.4, -0.2) is 50.3 Å². The summed E-state index contributed by atoms with van der Waals surface area (Å²) in [5.74, 6) is 1.88. The highest BCUT2D eigenvalue weighted by molar-refractivity contribution is 6.35. The normalized spacial score (nSPS) is 16.8. The van der Waals surface area contributed by atoms with Gasteiger partial charge in [-0.05, 0) is 56.5 Å². The van der Waals surface area contributed by atoms with Gasteiger partial charge in [0.2, 0.25) is 11.7 Å². The van der Waals surface area contributed by atoms with Crippen LogP contribution < -0.4 is 19.5 Å². The number of hydrogen-bond donors (Lipinski definition) is 1. The molecule has 1 aliphatic heterocycles. The van der Waals surface area contributed by atoms with Gasteiger partial charge in [0, 0.05) is 23.1 Å². The molecule has 6 nitrogen and oxygen atoms in total. The first-order valence-corrected chi connectivity index (χ1v) is 11.5. The minimum Gasteiger partial charge on any atom is -0.493 e. The van der Waals surface area contributed by atoms with Crippen LogP contribution in [0, 0.1) is 0 Å². The molecule has 2 unspecified atom stereocenters. The number of halogens is 2. The lowest BCUT2D eigenvalue weighted by atomic mass is 10.0. The second-order valence-electron chi connectivity index (χ2n) is 7.92. The minimum atomic E-state index is -0.259. The summed E-state index contributed by atoms with van der Waals surface area (Å²) in [4.78, 5) is 15.0. The first-order valence-electron chi connectivity index (χ1n) is 10.7. The van der Waals surface area contributed by atoms with Gasteiger partial charge in [0.05, 0.1) is 26.3 Å². The number of benzene rings is 2. The molecule has 0 saturated carbocycles. The largest absolute Gasteiger partial charge is 0.493 e. The molecule has 0 aliphatic carbocycles. The first kappa shape index (κ1) is 24.5. The Kier molecular flexibility index (Phi) is 8.51. The zero-order valence-electron chi connectivity index (χ0n) is 18.9. The van der Waals surface area contributed by atoms with E-state index in [1.807, 2.05) is 38.1 Å². The van der Waals surface area contributed by atoms with Crippen LogP contribution in [0.15, 0.2) is 36.4 Å². The average molecular weight is 481 g/mol. The standard InChI is InChI=1S/C24H30Cl2N2O4/c1-15(19-9-8-17(25)14-20(19)26)27-24(29)16(2)28-12-10-18(11-13-28)32-23-21(30-3)6-5-7-22(23)31-4/h5-9,14-16,18H,10-13H2,1-4H3,(H,27,29). The van der Waals surface area contributed by atoms with Gasteiger partial charge in [-0.1, -0.05) is 35.3 Å². The maximum atomic E-state index is 12.9. The van der Waals surface area contributed by atoms with E-state index < -0.39 is 0 Å². The fourth-order valence-electron chi connectivity index (χ4n) is 3.91. The third kappa shape index (κ3) is 5.80. The van der Waals surface area contributed by atoms with E-state index in [-0.39, 0.29) is 24.1 Å². The minimum absolute atomic E-state index is 0.0264. The van der Waals surface area contributed by atoms with E-state index in [2.05, 4.69) is 10.2 Å². The molecule has 0 aromatic heterocycles. The Morgan fingerprint density at radius 1 is 1.06 bits per heavy atom. The van der Waals surface area contributed by atoms with Crippen LogP contribution in [-0.2, 0) is 4.79 Å². The SMILES string of the molecule is COc1cccc(OC)c1OC1CCN(C(C)C(=O)NC(C)c2ccc(Cl)cc2Cl)CC1. The monoisotopic (exact) mass is 480 g/mol. The molecule has 1 amide bonds. The quantitative estimate of drug-likeness (QED) is 0.567. The molecule has 1 saturated heterocycles. The van der Waals surface area contributed by atoms with E-state index in [0.29, 0.717) is 27.3 Å². The highest BCUT2D eigenvalue weighted by Crippen LogP contribution is 2.38. The number of hydrogen-bond acceptors (Lipinski definition) is 5. The fourth-order valence-corrected chi connectivity index (χ4v) is 4.48. The summed E-state index contributed by atoms with van der Waals surface area (Å²) in [6, 6.07) is 10.4. The number of para-hydroxylation sites is 1. The van der Waals surface area contributed by atoms with Crippen molar-refractivity contribution >= 4 is 29.1 Å². The molecule has 1 N–H and O–H groups in total. The molecule has 8 heteroatoms. The maximum Gasteiger partial charge on any atom is 0.237 e. The molecule has 32 heavy (non-hydrogen) atoms. The predicted octanol–water partition coefficient (Wildman–Crippen LogP) is 5.12. The molecule has 1 fully saturated rings. The van der Waals surface area contributed by atoms with Crippen LogP contribution in [0.3, 0.4) is 0 Å². The smallest absolute Gasteiger partial charge is 0.237 e. The number of rotatable bonds is 8. The van der Waals surface area contributed by atoms with Gasteiger partial charge in [0.1, 0.15) is 6.10 Å². The van der Waals surface area contributed by atoms with Gasteiger partial charge in [0.25, 0.3) is 0 Å². The number of methoxy groups -OCH3 is 2. The van der Waals surface area contributed by atoms with Crippen molar-refractivity contribution in [3.05, 3.63) is 52.0 Å². The number of piperidine rings is 1. The molecule has 2 atom stereocenters. The number of amides is 1. The van der Waals surface area contributed by atoms with Crippen molar-refractivity contribution in [2.24, 2.45) is 0 Å². The zero-order valence-corrected chi connectivity index (χ0v) is 20.4. The molecular weight excluding hydrogens is 451 g/mol. The highest BCUT2D eigenvalue weighted by atomic mass is 35.5. The molecule has 2 aromatic carbocycles. The number of carbonyl (C=O) groups excluding carboxylic acids is 1. The molecule has 3 rings (SSSR count). The number of ether oxygens (including phenoxy) is 3. The molecule has 1 aliphatic rings. The molecule has 0 bridgehead atoms. The second-order valence-corrected chi connectivity index (χ2v) is 8.76. The summed E-state index contributed by atoms with van der Waals surface area (Å²) in [5.41, 5.74) is 0.842. The van der Waals surface area contributed by atoms with Crippen LogP contribution in [0.2, 0.25) is 10.0 Å². The highest BCUT2D eigenvalue weighted by Gasteiger charge is 2.29. The van der Waals surface area contributed by atoms with Gasteiger partial charge < -0.3 is 19.5 Å². The summed E-state index contributed by atoms with van der Waals surface area (Å²) < 4.78 is 17.1. The van der Waals surface area contributed by atoms with Crippen LogP contribution in [0.25, 0.3) is 0 Å². The van der Waals surface area contributed by atoms with Crippen molar-refractivity contribution in [1.82, 2.24) is 10.2 Å². The molecule has 174 valence electrons. The second kappa shape index (κ2) is 11.1. The fraction of sp³-hybridized carbons (Fsp3) is 0.458. The predicted molar refractivity (Wildman–Crippen MR) is 127 cm³/mol. The molecule has 0 spiro atoms. The lowest BCUT2D eigenvalue weighted by Crippen LogP contribution is -2.50. The van der Waals surface area contributed by atoms with Crippen molar-refractivity contribution in [2.75, 3.05) is 27.3 Å². The van der Waals surface area contributed by atoms with Crippen LogP contribution >= 0.6 is 23.2 Å². The molecule has 1 heterocycles. The number of nitrogens with zero attached hydrogens (tertiary/aromatic N) is 1. The van der Waals surface area contributed by atoms with E-state index in [1.165, 1.54) is 0 Å². The van der Waals surface area contributed by atoms with Gasteiger partial charge >= 0.3 is 0 Å². The summed E-state index contributed by atoms with van der Waals surface area (Å²) in [7, 11) is 3.23. The van der Waals surface area contributed by atoms with Crippen molar-refractivity contribution in [1.29, 1.82) is 0 Å². The third-order valence-electron chi connectivity index (χ3n) is 5.86. The summed E-state index contributed by atoms with van der Waals surface area (Å²) in [6.45, 7) is 5.36. The lowest BCUT2D eigenvalue weighted by molar-refractivity contribution is -0.127. The average Bonchev–Trinajstić information content (AvgIpc) is 2.79. The maximum absolute atomic E-state index is 12.9. The lowest BCUT2D eigenvalue weighted by Gasteiger charge is -2.36. The van der Waals surface area contributed by atoms with Gasteiger partial charge in [0.15, 0.2) is 11.5 Å². The topological polar surface area (TPSA) is 60.0 Å². The van der Waals surface area contributed by atoms with Gasteiger partial charge in [-0.2, -0.15) is 0 Å². The first-order chi connectivity index (χ1) is 15.3. The van der Waals surface area contributed by atoms with Crippen molar-refractivity contribution in [2.45, 2.75) is 44.9 Å². The van der Waals surface area contributed by atoms with E-state index in [9.17, 15) is 4.79 Å². The third-order valence-corrected chi connectivity index (χ3v) is 6.42. The van der Waals surface area contributed by atoms with Crippen molar-refractivity contribution < 1.29 is 19.0 Å². The van der Waals surface area contributed by atoms with Gasteiger partial charge in [-0.15, -0.1) is 0 Å². The summed E-state index contributed by atoms with van der Waals surface area (Å²) in [6.07, 6.45) is 1.63. The Balaban J connectivity index is 1.55. The molecular formula is C24H30Cl2N2O4. The zero-order chi connectivity index (χ0) is 23.3. The van der Waals surface area contributed by atoms with E-state index >= 15 is 0 Å². The summed E-state index contributed by atoms with van der Waals surface area (Å²) in [5, 5.41) is 4.18. The van der Waals surface area contributed by atoms with E-state index in [0.717, 1.165) is 31.5 Å². The van der Waals surface area contributed by atoms with Crippen molar-refractivity contribution in [3.8, 4) is 17.2 Å². The van der Waals surface area contributed by atoms with E-state index in [1.54, 1.807) is 26.4 Å². The Hall–Kier alpha value is -2.15. The number of nitrogens with one attached hydrogen (secondary N) is 1. The summed E-state index contributed by atoms with van der Waals surface area (Å²) >= 11 is 12.3. The van der Waals surface area contributed by atoms with Crippen LogP contribution in [0.5, 0.6) is 17.2 Å². The molecule has 0 radical (unpaired) electrons. The number of carbonyl (C=O) groups is 1. The Labute approximate surface area is 199 Å². The van der Waals surface area contributed by atoms with Crippen LogP contribution in [0.4, 0.5) is 0 Å². The molecule has 2 aromatic rings. The Morgan fingerprint density at radius 2 is 1.69 bits per heavy atom.